The van der Waals surface area contributed by atoms with Crippen LogP contribution in [-0.4, -0.2) is 40.6 Å². The molecule has 0 heterocycles. The molecule has 2 amide bonds. The highest BCUT2D eigenvalue weighted by Crippen LogP contribution is 1.98. The lowest BCUT2D eigenvalue weighted by molar-refractivity contribution is -0.138. The topological polar surface area (TPSA) is 160 Å². The van der Waals surface area contributed by atoms with Gasteiger partial charge in [0.1, 0.15) is 6.04 Å². The van der Waals surface area contributed by atoms with Crippen molar-refractivity contribution in [1.29, 1.82) is 5.41 Å². The van der Waals surface area contributed by atoms with Gasteiger partial charge in [-0.2, -0.15) is 0 Å². The predicted molar refractivity (Wildman–Crippen MR) is 53.0 cm³/mol. The Hall–Kier alpha value is -1.83. The van der Waals surface area contributed by atoms with Gasteiger partial charge in [-0.15, -0.1) is 0 Å². The van der Waals surface area contributed by atoms with E-state index in [-0.39, 0.29) is 13.0 Å². The molecule has 0 aliphatic rings. The molecule has 8 nitrogen and oxygen atoms in total. The molecule has 0 aromatic carbocycles. The summed E-state index contributed by atoms with van der Waals surface area (Å²) in [6.07, 6.45) is 0.502. The normalized spacial score (nSPS) is 11.8. The molecular weight excluding hydrogens is 202 g/mol. The Morgan fingerprint density at radius 3 is 2.27 bits per heavy atom. The summed E-state index contributed by atoms with van der Waals surface area (Å²) < 4.78 is 0. The Morgan fingerprint density at radius 1 is 1.40 bits per heavy atom. The lowest BCUT2D eigenvalue weighted by Crippen LogP contribution is -2.45. The zero-order valence-corrected chi connectivity index (χ0v) is 8.14. The maximum Gasteiger partial charge on any atom is 0.321 e. The molecule has 86 valence electrons. The van der Waals surface area contributed by atoms with E-state index in [1.165, 1.54) is 0 Å². The second kappa shape index (κ2) is 5.81. The minimum absolute atomic E-state index is 0.0889. The van der Waals surface area contributed by atoms with E-state index in [4.69, 9.17) is 27.7 Å². The van der Waals surface area contributed by atoms with Gasteiger partial charge in [0.15, 0.2) is 5.96 Å². The number of carbonyl (C=O) groups excluding carboxylic acids is 1. The highest BCUT2D eigenvalue weighted by atomic mass is 16.4. The molecule has 0 saturated heterocycles. The smallest absolute Gasteiger partial charge is 0.321 e. The lowest BCUT2D eigenvalue weighted by Gasteiger charge is -2.18. The molecule has 8 N–H and O–H groups in total. The van der Waals surface area contributed by atoms with Crippen LogP contribution in [0.4, 0.5) is 4.79 Å². The number of aliphatic carboxylic acids is 1. The van der Waals surface area contributed by atoms with Gasteiger partial charge >= 0.3 is 12.0 Å². The van der Waals surface area contributed by atoms with Crippen LogP contribution in [0, 0.1) is 5.41 Å². The van der Waals surface area contributed by atoms with E-state index in [0.29, 0.717) is 6.42 Å². The fourth-order valence-electron chi connectivity index (χ4n) is 0.942. The zero-order valence-electron chi connectivity index (χ0n) is 8.14. The van der Waals surface area contributed by atoms with Gasteiger partial charge in [0.25, 0.3) is 0 Å². The van der Waals surface area contributed by atoms with Gasteiger partial charge in [-0.1, -0.05) is 0 Å². The largest absolute Gasteiger partial charge is 0.480 e. The summed E-state index contributed by atoms with van der Waals surface area (Å²) >= 11 is 0. The molecule has 0 aliphatic carbocycles. The van der Waals surface area contributed by atoms with Gasteiger partial charge < -0.3 is 22.3 Å². The maximum absolute atomic E-state index is 10.7. The summed E-state index contributed by atoms with van der Waals surface area (Å²) in [6.45, 7) is 0.0889. The van der Waals surface area contributed by atoms with Crippen LogP contribution in [-0.2, 0) is 4.79 Å². The average molecular weight is 217 g/mol. The third-order valence-electron chi connectivity index (χ3n) is 1.77. The Morgan fingerprint density at radius 2 is 1.93 bits per heavy atom. The maximum atomic E-state index is 10.7. The van der Waals surface area contributed by atoms with Crippen molar-refractivity contribution in [2.24, 2.45) is 17.2 Å². The molecule has 0 aliphatic heterocycles. The van der Waals surface area contributed by atoms with Crippen molar-refractivity contribution in [3.05, 3.63) is 0 Å². The summed E-state index contributed by atoms with van der Waals surface area (Å²) in [5.74, 6) is -1.57. The predicted octanol–water partition coefficient (Wildman–Crippen LogP) is -1.55. The number of guanidine groups is 1. The van der Waals surface area contributed by atoms with Gasteiger partial charge in [-0.25, -0.2) is 4.79 Å². The third kappa shape index (κ3) is 4.81. The minimum Gasteiger partial charge on any atom is -0.480 e. The number of carbonyl (C=O) groups is 2. The molecule has 0 aromatic heterocycles. The molecule has 15 heavy (non-hydrogen) atoms. The Balaban J connectivity index is 3.97. The first-order valence-electron chi connectivity index (χ1n) is 4.25. The quantitative estimate of drug-likeness (QED) is 0.278. The van der Waals surface area contributed by atoms with Crippen LogP contribution in [0.1, 0.15) is 12.8 Å². The summed E-state index contributed by atoms with van der Waals surface area (Å²) in [4.78, 5) is 21.9. The molecule has 0 fully saturated rings. The van der Waals surface area contributed by atoms with Crippen LogP contribution in [0.3, 0.4) is 0 Å². The number of carboxylic acids is 1. The van der Waals surface area contributed by atoms with Crippen LogP contribution in [0.15, 0.2) is 0 Å². The van der Waals surface area contributed by atoms with Crippen LogP contribution in [0.25, 0.3) is 0 Å². The Bertz CT molecular complexity index is 253. The number of primary amides is 1. The summed E-state index contributed by atoms with van der Waals surface area (Å²) in [7, 11) is 0. The molecule has 0 bridgehead atoms. The third-order valence-corrected chi connectivity index (χ3v) is 1.77. The fraction of sp³-hybridized carbons (Fsp3) is 0.571. The van der Waals surface area contributed by atoms with Crippen LogP contribution in [0.5, 0.6) is 0 Å². The monoisotopic (exact) mass is 217 g/mol. The zero-order chi connectivity index (χ0) is 12.0. The molecule has 0 unspecified atom stereocenters. The van der Waals surface area contributed by atoms with E-state index in [9.17, 15) is 9.59 Å². The number of nitrogens with zero attached hydrogens (tertiary/aromatic N) is 1. The number of amides is 2. The van der Waals surface area contributed by atoms with E-state index < -0.39 is 24.0 Å². The number of hydrogen-bond acceptors (Lipinski definition) is 4. The van der Waals surface area contributed by atoms with Gasteiger partial charge in [0.2, 0.25) is 0 Å². The SMILES string of the molecule is N=C(N)N(CCC[C@H](N)C(=O)O)C(N)=O. The Labute approximate surface area is 86.5 Å². The van der Waals surface area contributed by atoms with E-state index >= 15 is 0 Å². The van der Waals surface area contributed by atoms with Crippen molar-refractivity contribution < 1.29 is 14.7 Å². The first-order chi connectivity index (χ1) is 6.86. The average Bonchev–Trinajstić information content (AvgIpc) is 2.10. The number of nitrogens with one attached hydrogen (secondary N) is 1. The summed E-state index contributed by atoms with van der Waals surface area (Å²) in [5.41, 5.74) is 15.2. The number of hydrogen-bond donors (Lipinski definition) is 5. The lowest BCUT2D eigenvalue weighted by atomic mass is 10.1. The molecule has 0 rings (SSSR count). The van der Waals surface area contributed by atoms with Gasteiger partial charge in [0, 0.05) is 6.54 Å². The highest BCUT2D eigenvalue weighted by molar-refractivity contribution is 5.92. The molecule has 1 atom stereocenters. The molecule has 0 saturated carbocycles. The molecule has 0 aromatic rings. The van der Waals surface area contributed by atoms with E-state index in [2.05, 4.69) is 0 Å². The van der Waals surface area contributed by atoms with Crippen molar-refractivity contribution in [2.45, 2.75) is 18.9 Å². The first-order valence-corrected chi connectivity index (χ1v) is 4.25. The van der Waals surface area contributed by atoms with E-state index in [1.54, 1.807) is 0 Å². The number of nitrogens with two attached hydrogens (primary N) is 3. The Kier molecular flexibility index (Phi) is 5.10. The van der Waals surface area contributed by atoms with Gasteiger partial charge in [-0.3, -0.25) is 15.1 Å². The second-order valence-electron chi connectivity index (χ2n) is 2.96. The van der Waals surface area contributed by atoms with E-state index in [1.807, 2.05) is 0 Å². The molecule has 8 heteroatoms. The minimum atomic E-state index is -1.11. The van der Waals surface area contributed by atoms with Crippen LogP contribution >= 0.6 is 0 Å². The number of rotatable bonds is 5. The first kappa shape index (κ1) is 13.2. The molecule has 0 spiro atoms. The molecule has 0 radical (unpaired) electrons. The number of urea groups is 1. The van der Waals surface area contributed by atoms with Crippen molar-refractivity contribution in [2.75, 3.05) is 6.54 Å². The van der Waals surface area contributed by atoms with Gasteiger partial charge in [0.05, 0.1) is 0 Å². The van der Waals surface area contributed by atoms with Crippen molar-refractivity contribution >= 4 is 18.0 Å². The van der Waals surface area contributed by atoms with E-state index in [0.717, 1.165) is 4.90 Å². The van der Waals surface area contributed by atoms with Crippen LogP contribution in [0.2, 0.25) is 0 Å². The summed E-state index contributed by atoms with van der Waals surface area (Å²) in [5, 5.41) is 15.5. The second-order valence-corrected chi connectivity index (χ2v) is 2.96. The van der Waals surface area contributed by atoms with Crippen LogP contribution < -0.4 is 17.2 Å². The van der Waals surface area contributed by atoms with Crippen molar-refractivity contribution in [3.8, 4) is 0 Å². The number of carboxylic acid groups (broad SMARTS) is 1. The highest BCUT2D eigenvalue weighted by Gasteiger charge is 2.15. The molecular formula is C7H15N5O3. The fourth-order valence-corrected chi connectivity index (χ4v) is 0.942. The van der Waals surface area contributed by atoms with Gasteiger partial charge in [-0.05, 0) is 12.8 Å². The van der Waals surface area contributed by atoms with Crippen molar-refractivity contribution in [1.82, 2.24) is 4.90 Å². The van der Waals surface area contributed by atoms with Crippen molar-refractivity contribution in [3.63, 3.8) is 0 Å². The standard InChI is InChI=1S/C7H15N5O3/c8-4(5(13)14)2-1-3-12(6(9)10)7(11)15/h4H,1-3,8H2,(H3,9,10)(H2,11,15)(H,13,14)/t4-/m0/s1. The summed E-state index contributed by atoms with van der Waals surface area (Å²) in [6, 6.07) is -1.82.